The predicted molar refractivity (Wildman–Crippen MR) is 114 cm³/mol. The van der Waals surface area contributed by atoms with Gasteiger partial charge >= 0.3 is 0 Å². The minimum absolute atomic E-state index is 0.0683. The van der Waals surface area contributed by atoms with Gasteiger partial charge in [-0.05, 0) is 53.6 Å². The number of aromatic nitrogens is 2. The van der Waals surface area contributed by atoms with Crippen LogP contribution in [0.1, 0.15) is 43.7 Å². The second kappa shape index (κ2) is 7.69. The zero-order chi connectivity index (χ0) is 19.8. The minimum Gasteiger partial charge on any atom is -0.335 e. The maximum Gasteiger partial charge on any atom is 0.267 e. The molecule has 0 radical (unpaired) electrons. The number of hydrogen-bond acceptors (Lipinski definition) is 5. The fourth-order valence-electron chi connectivity index (χ4n) is 4.64. The highest BCUT2D eigenvalue weighted by atomic mass is 32.1. The van der Waals surface area contributed by atoms with E-state index in [1.165, 1.54) is 33.8 Å². The maximum absolute atomic E-state index is 12.9. The summed E-state index contributed by atoms with van der Waals surface area (Å²) in [5.74, 6) is 0.0683. The molecule has 0 saturated carbocycles. The number of carbonyl (C=O) groups excluding carboxylic acids is 1. The van der Waals surface area contributed by atoms with Crippen LogP contribution in [-0.2, 0) is 12.8 Å². The molecule has 0 unspecified atom stereocenters. The van der Waals surface area contributed by atoms with Crippen molar-refractivity contribution in [3.63, 3.8) is 0 Å². The molecular weight excluding hydrogens is 380 g/mol. The van der Waals surface area contributed by atoms with E-state index in [0.29, 0.717) is 4.88 Å². The molecule has 5 nitrogen and oxygen atoms in total. The van der Waals surface area contributed by atoms with Crippen LogP contribution in [0.2, 0.25) is 0 Å². The molecular formula is C23H24N4OS. The molecule has 148 valence electrons. The molecule has 2 heterocycles. The molecule has 3 aromatic rings. The molecule has 1 aliphatic carbocycles. The number of piperazine rings is 1. The van der Waals surface area contributed by atoms with E-state index in [0.717, 1.165) is 44.7 Å². The third-order valence-corrected chi connectivity index (χ3v) is 6.99. The van der Waals surface area contributed by atoms with E-state index < -0.39 is 0 Å². The smallest absolute Gasteiger partial charge is 0.267 e. The van der Waals surface area contributed by atoms with Gasteiger partial charge in [0.25, 0.3) is 5.91 Å². The van der Waals surface area contributed by atoms with Gasteiger partial charge in [0.2, 0.25) is 0 Å². The van der Waals surface area contributed by atoms with Gasteiger partial charge < -0.3 is 4.90 Å². The zero-order valence-corrected chi connectivity index (χ0v) is 17.4. The van der Waals surface area contributed by atoms with Crippen molar-refractivity contribution in [1.29, 1.82) is 0 Å². The molecule has 0 atom stereocenters. The summed E-state index contributed by atoms with van der Waals surface area (Å²) in [5.41, 5.74) is 6.45. The van der Waals surface area contributed by atoms with E-state index in [1.807, 2.05) is 11.8 Å². The quantitative estimate of drug-likeness (QED) is 0.656. The number of nitrogens with zero attached hydrogens (tertiary/aromatic N) is 4. The number of rotatable bonds is 2. The van der Waals surface area contributed by atoms with Gasteiger partial charge in [0.15, 0.2) is 0 Å². The summed E-state index contributed by atoms with van der Waals surface area (Å²) in [4.78, 5) is 18.0. The van der Waals surface area contributed by atoms with Crippen LogP contribution < -0.4 is 0 Å². The summed E-state index contributed by atoms with van der Waals surface area (Å²) in [6.07, 6.45) is 2.17. The number of benzene rings is 2. The average Bonchev–Trinajstić information content (AvgIpc) is 3.12. The Bertz CT molecular complexity index is 991. The summed E-state index contributed by atoms with van der Waals surface area (Å²) in [6.45, 7) is 5.05. The topological polar surface area (TPSA) is 49.3 Å². The summed E-state index contributed by atoms with van der Waals surface area (Å²) < 4.78 is 3.92. The molecule has 1 fully saturated rings. The summed E-state index contributed by atoms with van der Waals surface area (Å²) >= 11 is 1.20. The lowest BCUT2D eigenvalue weighted by Crippen LogP contribution is -2.50. The molecule has 1 aromatic heterocycles. The number of fused-ring (bicyclic) bond motifs is 2. The second-order valence-corrected chi connectivity index (χ2v) is 8.57. The monoisotopic (exact) mass is 404 g/mol. The number of carbonyl (C=O) groups is 1. The SMILES string of the molecule is Cc1nnsc1C(=O)N1CCN(C2c3ccccc3CCc3ccccc32)CC1. The molecule has 0 bridgehead atoms. The minimum atomic E-state index is 0.0683. The van der Waals surface area contributed by atoms with E-state index in [2.05, 4.69) is 63.0 Å². The number of hydrogen-bond donors (Lipinski definition) is 0. The second-order valence-electron chi connectivity index (χ2n) is 7.82. The van der Waals surface area contributed by atoms with Gasteiger partial charge in [-0.2, -0.15) is 0 Å². The first-order chi connectivity index (χ1) is 14.2. The standard InChI is InChI=1S/C23H24N4OS/c1-16-22(29-25-24-16)23(28)27-14-12-26(13-15-27)21-19-8-4-2-6-17(19)10-11-18-7-3-5-9-20(18)21/h2-9,21H,10-15H2,1H3. The molecule has 6 heteroatoms. The highest BCUT2D eigenvalue weighted by Gasteiger charge is 2.32. The number of amides is 1. The van der Waals surface area contributed by atoms with Crippen molar-refractivity contribution in [1.82, 2.24) is 19.4 Å². The van der Waals surface area contributed by atoms with Gasteiger partial charge in [-0.1, -0.05) is 53.0 Å². The van der Waals surface area contributed by atoms with E-state index in [-0.39, 0.29) is 11.9 Å². The molecule has 1 saturated heterocycles. The van der Waals surface area contributed by atoms with Crippen LogP contribution in [0, 0.1) is 6.92 Å². The van der Waals surface area contributed by atoms with Gasteiger partial charge in [0.1, 0.15) is 4.88 Å². The predicted octanol–water partition coefficient (Wildman–Crippen LogP) is 3.49. The Morgan fingerprint density at radius 1 is 0.931 bits per heavy atom. The van der Waals surface area contributed by atoms with Crippen LogP contribution in [0.25, 0.3) is 0 Å². The zero-order valence-electron chi connectivity index (χ0n) is 16.5. The van der Waals surface area contributed by atoms with Crippen molar-refractivity contribution in [2.24, 2.45) is 0 Å². The normalized spacial score (nSPS) is 17.5. The largest absolute Gasteiger partial charge is 0.335 e. The van der Waals surface area contributed by atoms with Crippen LogP contribution in [0.4, 0.5) is 0 Å². The first kappa shape index (κ1) is 18.5. The lowest BCUT2D eigenvalue weighted by Gasteiger charge is -2.40. The van der Waals surface area contributed by atoms with Crippen LogP contribution >= 0.6 is 11.5 Å². The van der Waals surface area contributed by atoms with Crippen LogP contribution in [0.3, 0.4) is 0 Å². The molecule has 2 aromatic carbocycles. The molecule has 0 spiro atoms. The Morgan fingerprint density at radius 3 is 2.07 bits per heavy atom. The third kappa shape index (κ3) is 3.36. The molecule has 0 N–H and O–H groups in total. The third-order valence-electron chi connectivity index (χ3n) is 6.18. The molecule has 5 rings (SSSR count). The summed E-state index contributed by atoms with van der Waals surface area (Å²) in [7, 11) is 0. The van der Waals surface area contributed by atoms with Crippen LogP contribution in [0.15, 0.2) is 48.5 Å². The summed E-state index contributed by atoms with van der Waals surface area (Å²) in [5, 5.41) is 3.99. The Kier molecular flexibility index (Phi) is 4.89. The fourth-order valence-corrected chi connectivity index (χ4v) is 5.27. The fraction of sp³-hybridized carbons (Fsp3) is 0.348. The molecule has 1 amide bonds. The van der Waals surface area contributed by atoms with Gasteiger partial charge in [-0.15, -0.1) is 5.10 Å². The Hall–Kier alpha value is -2.57. The Balaban J connectivity index is 1.42. The van der Waals surface area contributed by atoms with Gasteiger partial charge in [-0.3, -0.25) is 9.69 Å². The van der Waals surface area contributed by atoms with Crippen LogP contribution in [0.5, 0.6) is 0 Å². The van der Waals surface area contributed by atoms with E-state index >= 15 is 0 Å². The van der Waals surface area contributed by atoms with Crippen molar-refractivity contribution in [3.05, 3.63) is 81.4 Å². The first-order valence-corrected chi connectivity index (χ1v) is 11.0. The lowest BCUT2D eigenvalue weighted by atomic mass is 9.92. The highest BCUT2D eigenvalue weighted by molar-refractivity contribution is 7.07. The van der Waals surface area contributed by atoms with E-state index in [9.17, 15) is 4.79 Å². The van der Waals surface area contributed by atoms with Crippen molar-refractivity contribution >= 4 is 17.4 Å². The Labute approximate surface area is 175 Å². The lowest BCUT2D eigenvalue weighted by molar-refractivity contribution is 0.0600. The molecule has 29 heavy (non-hydrogen) atoms. The van der Waals surface area contributed by atoms with Crippen molar-refractivity contribution in [2.45, 2.75) is 25.8 Å². The van der Waals surface area contributed by atoms with Gasteiger partial charge in [-0.25, -0.2) is 0 Å². The van der Waals surface area contributed by atoms with E-state index in [1.54, 1.807) is 0 Å². The van der Waals surface area contributed by atoms with Crippen molar-refractivity contribution in [2.75, 3.05) is 26.2 Å². The summed E-state index contributed by atoms with van der Waals surface area (Å²) in [6, 6.07) is 18.0. The average molecular weight is 405 g/mol. The Morgan fingerprint density at radius 2 is 1.52 bits per heavy atom. The van der Waals surface area contributed by atoms with E-state index in [4.69, 9.17) is 0 Å². The van der Waals surface area contributed by atoms with Gasteiger partial charge in [0, 0.05) is 26.2 Å². The molecule has 2 aliphatic rings. The van der Waals surface area contributed by atoms with Gasteiger partial charge in [0.05, 0.1) is 11.7 Å². The van der Waals surface area contributed by atoms with Crippen molar-refractivity contribution < 1.29 is 4.79 Å². The highest BCUT2D eigenvalue weighted by Crippen LogP contribution is 2.37. The molecule has 1 aliphatic heterocycles. The first-order valence-electron chi connectivity index (χ1n) is 10.2. The van der Waals surface area contributed by atoms with Crippen molar-refractivity contribution in [3.8, 4) is 0 Å². The maximum atomic E-state index is 12.9. The number of aryl methyl sites for hydroxylation is 3. The van der Waals surface area contributed by atoms with Crippen LogP contribution in [-0.4, -0.2) is 51.5 Å².